The van der Waals surface area contributed by atoms with Crippen LogP contribution in [0.25, 0.3) is 0 Å². The van der Waals surface area contributed by atoms with Crippen LogP contribution in [0.15, 0.2) is 0 Å². The first kappa shape index (κ1) is 14.9. The van der Waals surface area contributed by atoms with E-state index in [9.17, 15) is 9.59 Å². The topological polar surface area (TPSA) is 98.2 Å². The summed E-state index contributed by atoms with van der Waals surface area (Å²) in [6, 6.07) is -1.33. The number of amides is 2. The molecule has 5 heteroatoms. The first-order valence-electron chi connectivity index (χ1n) is 5.42. The molecule has 0 saturated heterocycles. The molecule has 0 aromatic carbocycles. The van der Waals surface area contributed by atoms with Crippen LogP contribution in [0.5, 0.6) is 0 Å². The standard InChI is InChI=1S/C11H23N3O2/c1-6(2)7(9(13)15)14-10(16)8(12)11(3,4)5/h6-8H,12H2,1-5H3,(H2,13,15)(H,14,16)/t7?,8-/m0/s1. The maximum atomic E-state index is 11.8. The third-order valence-electron chi connectivity index (χ3n) is 2.49. The fourth-order valence-corrected chi connectivity index (χ4v) is 1.20. The molecular weight excluding hydrogens is 206 g/mol. The Bertz CT molecular complexity index is 269. The largest absolute Gasteiger partial charge is 0.368 e. The van der Waals surface area contributed by atoms with Gasteiger partial charge in [-0.1, -0.05) is 34.6 Å². The third-order valence-corrected chi connectivity index (χ3v) is 2.49. The maximum absolute atomic E-state index is 11.8. The highest BCUT2D eigenvalue weighted by Crippen LogP contribution is 2.17. The second kappa shape index (κ2) is 5.30. The molecule has 0 rings (SSSR count). The number of hydrogen-bond acceptors (Lipinski definition) is 3. The van der Waals surface area contributed by atoms with Crippen molar-refractivity contribution in [2.45, 2.75) is 46.7 Å². The molecule has 0 heterocycles. The average molecular weight is 229 g/mol. The van der Waals surface area contributed by atoms with Gasteiger partial charge in [-0.25, -0.2) is 0 Å². The van der Waals surface area contributed by atoms with Gasteiger partial charge in [0.15, 0.2) is 0 Å². The van der Waals surface area contributed by atoms with Gasteiger partial charge in [-0.15, -0.1) is 0 Å². The second-order valence-electron chi connectivity index (χ2n) is 5.48. The van der Waals surface area contributed by atoms with Crippen LogP contribution in [0, 0.1) is 11.3 Å². The minimum Gasteiger partial charge on any atom is -0.368 e. The minimum absolute atomic E-state index is 0.0476. The van der Waals surface area contributed by atoms with Gasteiger partial charge in [-0.05, 0) is 11.3 Å². The van der Waals surface area contributed by atoms with Crippen molar-refractivity contribution in [1.82, 2.24) is 5.32 Å². The van der Waals surface area contributed by atoms with E-state index in [4.69, 9.17) is 11.5 Å². The molecular formula is C11H23N3O2. The number of carbonyl (C=O) groups is 2. The fourth-order valence-electron chi connectivity index (χ4n) is 1.20. The molecule has 0 aromatic heterocycles. The Kier molecular flexibility index (Phi) is 4.93. The highest BCUT2D eigenvalue weighted by Gasteiger charge is 2.30. The van der Waals surface area contributed by atoms with E-state index < -0.39 is 18.0 Å². The van der Waals surface area contributed by atoms with Gasteiger partial charge in [0.2, 0.25) is 11.8 Å². The maximum Gasteiger partial charge on any atom is 0.240 e. The van der Waals surface area contributed by atoms with Crippen LogP contribution in [0.3, 0.4) is 0 Å². The third kappa shape index (κ3) is 4.18. The highest BCUT2D eigenvalue weighted by molar-refractivity contribution is 5.89. The van der Waals surface area contributed by atoms with E-state index >= 15 is 0 Å². The van der Waals surface area contributed by atoms with Crippen molar-refractivity contribution in [3.63, 3.8) is 0 Å². The monoisotopic (exact) mass is 229 g/mol. The SMILES string of the molecule is CC(C)C(NC(=O)[C@H](N)C(C)(C)C)C(N)=O. The minimum atomic E-state index is -0.666. The zero-order chi connectivity index (χ0) is 13.1. The number of nitrogens with two attached hydrogens (primary N) is 2. The van der Waals surface area contributed by atoms with Gasteiger partial charge in [0, 0.05) is 0 Å². The molecule has 0 spiro atoms. The lowest BCUT2D eigenvalue weighted by Gasteiger charge is -2.28. The van der Waals surface area contributed by atoms with Crippen LogP contribution in [0.1, 0.15) is 34.6 Å². The van der Waals surface area contributed by atoms with Crippen LogP contribution < -0.4 is 16.8 Å². The normalized spacial score (nSPS) is 15.7. The first-order valence-corrected chi connectivity index (χ1v) is 5.42. The van der Waals surface area contributed by atoms with Crippen LogP contribution in [0.2, 0.25) is 0 Å². The molecule has 0 aliphatic rings. The van der Waals surface area contributed by atoms with Gasteiger partial charge >= 0.3 is 0 Å². The van der Waals surface area contributed by atoms with Gasteiger partial charge in [0.25, 0.3) is 0 Å². The summed E-state index contributed by atoms with van der Waals surface area (Å²) in [7, 11) is 0. The predicted molar refractivity (Wildman–Crippen MR) is 63.4 cm³/mol. The molecule has 94 valence electrons. The molecule has 0 aliphatic carbocycles. The Balaban J connectivity index is 4.60. The summed E-state index contributed by atoms with van der Waals surface area (Å²) >= 11 is 0. The summed E-state index contributed by atoms with van der Waals surface area (Å²) in [5.74, 6) is -0.928. The molecule has 5 N–H and O–H groups in total. The number of hydrogen-bond donors (Lipinski definition) is 3. The molecule has 0 aromatic rings. The van der Waals surface area contributed by atoms with E-state index in [1.807, 2.05) is 34.6 Å². The molecule has 0 fully saturated rings. The Morgan fingerprint density at radius 2 is 1.62 bits per heavy atom. The van der Waals surface area contributed by atoms with Crippen LogP contribution >= 0.6 is 0 Å². The van der Waals surface area contributed by atoms with E-state index in [1.165, 1.54) is 0 Å². The van der Waals surface area contributed by atoms with Crippen molar-refractivity contribution in [1.29, 1.82) is 0 Å². The van der Waals surface area contributed by atoms with E-state index in [1.54, 1.807) is 0 Å². The predicted octanol–water partition coefficient (Wildman–Crippen LogP) is -0.0141. The fraction of sp³-hybridized carbons (Fsp3) is 0.818. The number of nitrogens with one attached hydrogen (secondary N) is 1. The van der Waals surface area contributed by atoms with Crippen LogP contribution in [0.4, 0.5) is 0 Å². The van der Waals surface area contributed by atoms with Crippen molar-refractivity contribution >= 4 is 11.8 Å². The number of carbonyl (C=O) groups excluding carboxylic acids is 2. The molecule has 1 unspecified atom stereocenters. The van der Waals surface area contributed by atoms with Gasteiger partial charge in [-0.2, -0.15) is 0 Å². The van der Waals surface area contributed by atoms with Crippen molar-refractivity contribution in [3.8, 4) is 0 Å². The highest BCUT2D eigenvalue weighted by atomic mass is 16.2. The summed E-state index contributed by atoms with van der Waals surface area (Å²) in [5, 5.41) is 2.58. The van der Waals surface area contributed by atoms with Crippen LogP contribution in [-0.4, -0.2) is 23.9 Å². The van der Waals surface area contributed by atoms with E-state index in [0.29, 0.717) is 0 Å². The summed E-state index contributed by atoms with van der Waals surface area (Å²) in [4.78, 5) is 22.9. The molecule has 5 nitrogen and oxygen atoms in total. The van der Waals surface area contributed by atoms with Crippen molar-refractivity contribution in [3.05, 3.63) is 0 Å². The molecule has 0 bridgehead atoms. The van der Waals surface area contributed by atoms with Crippen molar-refractivity contribution in [2.75, 3.05) is 0 Å². The molecule has 2 amide bonds. The molecule has 0 aliphatic heterocycles. The summed E-state index contributed by atoms with van der Waals surface area (Å²) in [6.45, 7) is 9.24. The average Bonchev–Trinajstić information content (AvgIpc) is 2.09. The lowest BCUT2D eigenvalue weighted by atomic mass is 9.86. The van der Waals surface area contributed by atoms with E-state index in [2.05, 4.69) is 5.32 Å². The Hall–Kier alpha value is -1.10. The zero-order valence-corrected chi connectivity index (χ0v) is 10.7. The first-order chi connectivity index (χ1) is 7.07. The van der Waals surface area contributed by atoms with Gasteiger partial charge in [0.1, 0.15) is 6.04 Å². The molecule has 0 radical (unpaired) electrons. The number of primary amides is 1. The Labute approximate surface area is 96.9 Å². The zero-order valence-electron chi connectivity index (χ0n) is 10.7. The van der Waals surface area contributed by atoms with Gasteiger partial charge in [0.05, 0.1) is 6.04 Å². The van der Waals surface area contributed by atoms with E-state index in [0.717, 1.165) is 0 Å². The summed E-state index contributed by atoms with van der Waals surface area (Å²) in [6.07, 6.45) is 0. The van der Waals surface area contributed by atoms with Crippen LogP contribution in [-0.2, 0) is 9.59 Å². The second-order valence-corrected chi connectivity index (χ2v) is 5.48. The summed E-state index contributed by atoms with van der Waals surface area (Å²) < 4.78 is 0. The molecule has 2 atom stereocenters. The Morgan fingerprint density at radius 3 is 1.88 bits per heavy atom. The molecule has 16 heavy (non-hydrogen) atoms. The van der Waals surface area contributed by atoms with Crippen molar-refractivity contribution in [2.24, 2.45) is 22.8 Å². The van der Waals surface area contributed by atoms with Gasteiger partial charge in [-0.3, -0.25) is 9.59 Å². The lowest BCUT2D eigenvalue weighted by Crippen LogP contribution is -2.55. The molecule has 0 saturated carbocycles. The summed E-state index contributed by atoms with van der Waals surface area (Å²) in [5.41, 5.74) is 10.6. The Morgan fingerprint density at radius 1 is 1.19 bits per heavy atom. The van der Waals surface area contributed by atoms with Gasteiger partial charge < -0.3 is 16.8 Å². The van der Waals surface area contributed by atoms with Crippen molar-refractivity contribution < 1.29 is 9.59 Å². The quantitative estimate of drug-likeness (QED) is 0.632. The smallest absolute Gasteiger partial charge is 0.240 e. The lowest BCUT2D eigenvalue weighted by molar-refractivity contribution is -0.130. The number of rotatable bonds is 4. The van der Waals surface area contributed by atoms with E-state index in [-0.39, 0.29) is 17.2 Å².